The molecule has 3 aliphatic rings. The molecule has 0 aromatic heterocycles. The van der Waals surface area contributed by atoms with Gasteiger partial charge in [0.05, 0.1) is 0 Å². The third-order valence-corrected chi connectivity index (χ3v) is 3.26. The molecule has 3 rings (SSSR count). The first-order valence-corrected chi connectivity index (χ1v) is 5.03. The fourth-order valence-corrected chi connectivity index (χ4v) is 2.36. The lowest BCUT2D eigenvalue weighted by molar-refractivity contribution is -0.155. The van der Waals surface area contributed by atoms with Gasteiger partial charge in [-0.2, -0.15) is 0 Å². The molecule has 0 amide bonds. The largest absolute Gasteiger partial charge is 0.459 e. The Balaban J connectivity index is 1.87. The Morgan fingerprint density at radius 1 is 1.38 bits per heavy atom. The first-order valence-electron chi connectivity index (χ1n) is 5.03. The second-order valence-electron chi connectivity index (χ2n) is 4.40. The molecule has 0 spiro atoms. The molecule has 2 heteroatoms. The Hall–Kier alpha value is -0.790. The summed E-state index contributed by atoms with van der Waals surface area (Å²) in [6.07, 6.45) is 5.04. The van der Waals surface area contributed by atoms with Gasteiger partial charge in [0.1, 0.15) is 6.10 Å². The van der Waals surface area contributed by atoms with Crippen LogP contribution in [0.2, 0.25) is 0 Å². The Labute approximate surface area is 79.0 Å². The van der Waals surface area contributed by atoms with Crippen molar-refractivity contribution in [3.05, 3.63) is 12.2 Å². The molecule has 0 aliphatic heterocycles. The summed E-state index contributed by atoms with van der Waals surface area (Å²) in [5.74, 6) is 1.38. The van der Waals surface area contributed by atoms with E-state index in [0.29, 0.717) is 11.5 Å². The fraction of sp³-hybridized carbons (Fsp3) is 0.727. The normalized spacial score (nSPS) is 36.2. The second kappa shape index (κ2) is 3.17. The summed E-state index contributed by atoms with van der Waals surface area (Å²) >= 11 is 0. The zero-order valence-electron chi connectivity index (χ0n) is 8.08. The molecule has 3 saturated carbocycles. The number of carbonyl (C=O) groups excluding carboxylic acids is 1. The molecule has 1 atom stereocenters. The number of ether oxygens (including phenoxy) is 1. The molecule has 0 N–H and O–H groups in total. The van der Waals surface area contributed by atoms with E-state index >= 15 is 0 Å². The zero-order chi connectivity index (χ0) is 9.42. The lowest BCUT2D eigenvalue weighted by Crippen LogP contribution is -2.42. The molecule has 2 bridgehead atoms. The van der Waals surface area contributed by atoms with E-state index in [-0.39, 0.29) is 12.1 Å². The van der Waals surface area contributed by atoms with Crippen molar-refractivity contribution >= 4 is 5.97 Å². The van der Waals surface area contributed by atoms with Crippen molar-refractivity contribution in [2.45, 2.75) is 38.7 Å². The molecule has 3 aliphatic carbocycles. The number of rotatable bonds is 2. The number of hydrogen-bond acceptors (Lipinski definition) is 2. The second-order valence-corrected chi connectivity index (χ2v) is 4.40. The van der Waals surface area contributed by atoms with E-state index in [0.717, 1.165) is 12.3 Å². The minimum atomic E-state index is -0.213. The van der Waals surface area contributed by atoms with Gasteiger partial charge in [-0.25, -0.2) is 4.79 Å². The minimum Gasteiger partial charge on any atom is -0.459 e. The monoisotopic (exact) mass is 180 g/mol. The van der Waals surface area contributed by atoms with Crippen molar-refractivity contribution in [3.63, 3.8) is 0 Å². The Morgan fingerprint density at radius 3 is 2.54 bits per heavy atom. The van der Waals surface area contributed by atoms with Crippen molar-refractivity contribution in [2.75, 3.05) is 0 Å². The van der Waals surface area contributed by atoms with Gasteiger partial charge in [0, 0.05) is 5.57 Å². The van der Waals surface area contributed by atoms with Crippen molar-refractivity contribution in [1.29, 1.82) is 0 Å². The topological polar surface area (TPSA) is 26.3 Å². The summed E-state index contributed by atoms with van der Waals surface area (Å²) in [5.41, 5.74) is 0.515. The van der Waals surface area contributed by atoms with Gasteiger partial charge in [0.15, 0.2) is 0 Å². The average Bonchev–Trinajstić information content (AvgIpc) is 2.02. The highest BCUT2D eigenvalue weighted by Gasteiger charge is 2.41. The van der Waals surface area contributed by atoms with E-state index in [1.165, 1.54) is 19.3 Å². The molecule has 0 saturated heterocycles. The van der Waals surface area contributed by atoms with E-state index in [4.69, 9.17) is 4.74 Å². The molecule has 1 unspecified atom stereocenters. The molecular weight excluding hydrogens is 164 g/mol. The quantitative estimate of drug-likeness (QED) is 0.481. The van der Waals surface area contributed by atoms with E-state index in [2.05, 4.69) is 6.58 Å². The van der Waals surface area contributed by atoms with Crippen LogP contribution in [0.1, 0.15) is 32.6 Å². The highest BCUT2D eigenvalue weighted by molar-refractivity contribution is 5.87. The van der Waals surface area contributed by atoms with Crippen molar-refractivity contribution in [1.82, 2.24) is 0 Å². The molecular formula is C11H16O2. The Bertz CT molecular complexity index is 236. The van der Waals surface area contributed by atoms with Gasteiger partial charge in [-0.3, -0.25) is 0 Å². The van der Waals surface area contributed by atoms with Crippen LogP contribution in [0.15, 0.2) is 12.2 Å². The summed E-state index contributed by atoms with van der Waals surface area (Å²) in [6.45, 7) is 5.29. The van der Waals surface area contributed by atoms with Crippen LogP contribution in [0.3, 0.4) is 0 Å². The number of fused-ring (bicyclic) bond motifs is 2. The van der Waals surface area contributed by atoms with Crippen molar-refractivity contribution < 1.29 is 9.53 Å². The van der Waals surface area contributed by atoms with Crippen molar-refractivity contribution in [3.8, 4) is 0 Å². The van der Waals surface area contributed by atoms with Gasteiger partial charge in [-0.05, 0) is 44.4 Å². The van der Waals surface area contributed by atoms with Gasteiger partial charge >= 0.3 is 5.97 Å². The maximum atomic E-state index is 11.3. The summed E-state index contributed by atoms with van der Waals surface area (Å²) in [7, 11) is 0. The van der Waals surface area contributed by atoms with Gasteiger partial charge in [0.25, 0.3) is 0 Å². The summed E-state index contributed by atoms with van der Waals surface area (Å²) in [5, 5.41) is 0. The first kappa shape index (κ1) is 8.79. The summed E-state index contributed by atoms with van der Waals surface area (Å²) in [4.78, 5) is 11.3. The van der Waals surface area contributed by atoms with Crippen LogP contribution in [-0.2, 0) is 9.53 Å². The maximum Gasteiger partial charge on any atom is 0.333 e. The lowest BCUT2D eigenvalue weighted by atomic mass is 9.64. The number of carbonyl (C=O) groups is 1. The van der Waals surface area contributed by atoms with E-state index in [1.54, 1.807) is 6.92 Å². The maximum absolute atomic E-state index is 11.3. The molecule has 72 valence electrons. The third kappa shape index (κ3) is 1.62. The molecule has 2 nitrogen and oxygen atoms in total. The van der Waals surface area contributed by atoms with Crippen LogP contribution in [0.5, 0.6) is 0 Å². The van der Waals surface area contributed by atoms with E-state index < -0.39 is 0 Å². The van der Waals surface area contributed by atoms with Crippen LogP contribution in [0.25, 0.3) is 0 Å². The summed E-state index contributed by atoms with van der Waals surface area (Å²) < 4.78 is 5.36. The first-order chi connectivity index (χ1) is 6.16. The average molecular weight is 180 g/mol. The van der Waals surface area contributed by atoms with Gasteiger partial charge in [0.2, 0.25) is 0 Å². The predicted molar refractivity (Wildman–Crippen MR) is 50.1 cm³/mol. The van der Waals surface area contributed by atoms with Gasteiger partial charge in [-0.1, -0.05) is 6.58 Å². The Morgan fingerprint density at radius 2 is 2.08 bits per heavy atom. The van der Waals surface area contributed by atoms with E-state index in [1.807, 2.05) is 0 Å². The molecule has 0 aromatic rings. The molecule has 3 fully saturated rings. The number of esters is 1. The minimum absolute atomic E-state index is 0.189. The van der Waals surface area contributed by atoms with Crippen LogP contribution in [0, 0.1) is 11.8 Å². The molecule has 13 heavy (non-hydrogen) atoms. The van der Waals surface area contributed by atoms with Gasteiger partial charge < -0.3 is 4.74 Å². The van der Waals surface area contributed by atoms with Gasteiger partial charge in [-0.15, -0.1) is 0 Å². The third-order valence-electron chi connectivity index (χ3n) is 3.26. The van der Waals surface area contributed by atoms with Crippen LogP contribution >= 0.6 is 0 Å². The SMILES string of the molecule is C=C(C)C(=O)OC1CCC2CC1C2. The fourth-order valence-electron chi connectivity index (χ4n) is 2.36. The molecule has 0 aromatic carbocycles. The smallest absolute Gasteiger partial charge is 0.333 e. The van der Waals surface area contributed by atoms with Crippen LogP contribution in [-0.4, -0.2) is 12.1 Å². The highest BCUT2D eigenvalue weighted by Crippen LogP contribution is 2.46. The summed E-state index contributed by atoms with van der Waals surface area (Å²) in [6, 6.07) is 0. The van der Waals surface area contributed by atoms with Crippen LogP contribution < -0.4 is 0 Å². The molecule has 0 heterocycles. The van der Waals surface area contributed by atoms with Crippen molar-refractivity contribution in [2.24, 2.45) is 11.8 Å². The molecule has 0 radical (unpaired) electrons. The highest BCUT2D eigenvalue weighted by atomic mass is 16.5. The number of hydrogen-bond donors (Lipinski definition) is 0. The zero-order valence-corrected chi connectivity index (χ0v) is 8.08. The van der Waals surface area contributed by atoms with E-state index in [9.17, 15) is 4.79 Å². The standard InChI is InChI=1S/C11H16O2/c1-7(2)11(12)13-10-4-3-8-5-9(10)6-8/h8-10H,1,3-6H2,2H3. The predicted octanol–water partition coefficient (Wildman–Crippen LogP) is 2.29. The lowest BCUT2D eigenvalue weighted by Gasteiger charge is -2.45. The van der Waals surface area contributed by atoms with Crippen LogP contribution in [0.4, 0.5) is 0 Å². The Kier molecular flexibility index (Phi) is 2.14.